The van der Waals surface area contributed by atoms with Gasteiger partial charge in [-0.1, -0.05) is 35.3 Å². The minimum Gasteiger partial charge on any atom is -0.493 e. The monoisotopic (exact) mass is 611 g/mol. The third kappa shape index (κ3) is 6.99. The van der Waals surface area contributed by atoms with Gasteiger partial charge in [0.25, 0.3) is 0 Å². The molecule has 0 aliphatic carbocycles. The Hall–Kier alpha value is -3.76. The lowest BCUT2D eigenvalue weighted by Gasteiger charge is -2.35. The molecule has 2 atom stereocenters. The quantitative estimate of drug-likeness (QED) is 0.218. The molecule has 1 aliphatic rings. The fraction of sp³-hybridized carbons (Fsp3) is 0.290. The van der Waals surface area contributed by atoms with Crippen LogP contribution >= 0.6 is 23.2 Å². The number of hydrogen-bond acceptors (Lipinski definition) is 6. The highest BCUT2D eigenvalue weighted by Crippen LogP contribution is 2.40. The maximum Gasteiger partial charge on any atom is 0.416 e. The summed E-state index contributed by atoms with van der Waals surface area (Å²) in [7, 11) is 1.43. The maximum atomic E-state index is 13.5. The first-order valence-electron chi connectivity index (χ1n) is 13.5. The summed E-state index contributed by atoms with van der Waals surface area (Å²) in [6.45, 7) is 0.768. The number of rotatable bonds is 10. The van der Waals surface area contributed by atoms with Gasteiger partial charge in [0.15, 0.2) is 0 Å². The SMILES string of the molecule is COCC(=O)NCC(O)CCOc1ccc(C2c3[nH]c4ccc(Cl)cc4c3CCN2C(=O)Oc2ccc(Cl)cc2)cc1. The molecule has 9 nitrogen and oxygen atoms in total. The van der Waals surface area contributed by atoms with E-state index in [0.29, 0.717) is 40.9 Å². The Bertz CT molecular complexity index is 1540. The molecule has 0 saturated heterocycles. The van der Waals surface area contributed by atoms with Crippen molar-refractivity contribution < 1.29 is 28.9 Å². The molecule has 4 aromatic rings. The van der Waals surface area contributed by atoms with E-state index in [1.54, 1.807) is 29.2 Å². The molecule has 5 rings (SSSR count). The Morgan fingerprint density at radius 1 is 1.05 bits per heavy atom. The van der Waals surface area contributed by atoms with E-state index in [2.05, 4.69) is 10.3 Å². The molecular formula is C31H31Cl2N3O6. The number of nitrogens with one attached hydrogen (secondary N) is 2. The molecule has 1 aliphatic heterocycles. The highest BCUT2D eigenvalue weighted by molar-refractivity contribution is 6.31. The molecule has 11 heteroatoms. The van der Waals surface area contributed by atoms with Crippen molar-refractivity contribution in [2.75, 3.05) is 33.4 Å². The molecule has 220 valence electrons. The maximum absolute atomic E-state index is 13.5. The number of ether oxygens (including phenoxy) is 3. The van der Waals surface area contributed by atoms with Crippen LogP contribution < -0.4 is 14.8 Å². The van der Waals surface area contributed by atoms with E-state index in [4.69, 9.17) is 37.4 Å². The number of methoxy groups -OCH3 is 1. The van der Waals surface area contributed by atoms with Crippen LogP contribution in [0.25, 0.3) is 10.9 Å². The summed E-state index contributed by atoms with van der Waals surface area (Å²) in [4.78, 5) is 30.2. The topological polar surface area (TPSA) is 113 Å². The predicted molar refractivity (Wildman–Crippen MR) is 160 cm³/mol. The van der Waals surface area contributed by atoms with Gasteiger partial charge in [-0.3, -0.25) is 9.69 Å². The summed E-state index contributed by atoms with van der Waals surface area (Å²) < 4.78 is 16.3. The summed E-state index contributed by atoms with van der Waals surface area (Å²) >= 11 is 12.3. The second kappa shape index (κ2) is 13.5. The molecule has 0 spiro atoms. The van der Waals surface area contributed by atoms with E-state index in [0.717, 1.165) is 27.7 Å². The van der Waals surface area contributed by atoms with Crippen molar-refractivity contribution >= 4 is 46.1 Å². The van der Waals surface area contributed by atoms with Crippen LogP contribution in [0, 0.1) is 0 Å². The molecule has 2 heterocycles. The van der Waals surface area contributed by atoms with Crippen LogP contribution in [-0.4, -0.2) is 66.5 Å². The number of halogens is 2. The highest BCUT2D eigenvalue weighted by Gasteiger charge is 2.35. The van der Waals surface area contributed by atoms with Crippen LogP contribution in [-0.2, 0) is 16.0 Å². The molecule has 3 aromatic carbocycles. The molecule has 3 N–H and O–H groups in total. The predicted octanol–water partition coefficient (Wildman–Crippen LogP) is 5.51. The number of aliphatic hydroxyl groups is 1. The van der Waals surface area contributed by atoms with Crippen molar-refractivity contribution in [3.8, 4) is 11.5 Å². The number of hydrogen-bond donors (Lipinski definition) is 3. The summed E-state index contributed by atoms with van der Waals surface area (Å²) in [5.41, 5.74) is 3.83. The van der Waals surface area contributed by atoms with Crippen molar-refractivity contribution in [3.63, 3.8) is 0 Å². The van der Waals surface area contributed by atoms with Gasteiger partial charge in [0.05, 0.1) is 12.7 Å². The van der Waals surface area contributed by atoms with Crippen LogP contribution in [0.15, 0.2) is 66.7 Å². The van der Waals surface area contributed by atoms with Gasteiger partial charge < -0.3 is 29.6 Å². The van der Waals surface area contributed by atoms with Gasteiger partial charge in [0.2, 0.25) is 5.91 Å². The molecular weight excluding hydrogens is 581 g/mol. The number of aromatic amines is 1. The fourth-order valence-corrected chi connectivity index (χ4v) is 5.34. The Kier molecular flexibility index (Phi) is 9.54. The third-order valence-corrected chi connectivity index (χ3v) is 7.56. The number of nitrogens with zero attached hydrogens (tertiary/aromatic N) is 1. The molecule has 42 heavy (non-hydrogen) atoms. The number of fused-ring (bicyclic) bond motifs is 3. The molecule has 2 amide bonds. The van der Waals surface area contributed by atoms with Crippen molar-refractivity contribution in [1.82, 2.24) is 15.2 Å². The first kappa shape index (κ1) is 29.7. The Morgan fingerprint density at radius 2 is 1.76 bits per heavy atom. The lowest BCUT2D eigenvalue weighted by Crippen LogP contribution is -2.42. The zero-order chi connectivity index (χ0) is 29.6. The molecule has 0 bridgehead atoms. The number of aromatic nitrogens is 1. The third-order valence-electron chi connectivity index (χ3n) is 7.07. The number of carbonyl (C=O) groups is 2. The summed E-state index contributed by atoms with van der Waals surface area (Å²) in [6.07, 6.45) is -0.252. The molecule has 1 aromatic heterocycles. The van der Waals surface area contributed by atoms with Crippen molar-refractivity contribution in [2.45, 2.75) is 25.0 Å². The summed E-state index contributed by atoms with van der Waals surface area (Å²) in [6, 6.07) is 19.4. The van der Waals surface area contributed by atoms with E-state index in [9.17, 15) is 14.7 Å². The van der Waals surface area contributed by atoms with Gasteiger partial charge >= 0.3 is 6.09 Å². The van der Waals surface area contributed by atoms with Gasteiger partial charge in [-0.2, -0.15) is 0 Å². The number of H-pyrrole nitrogens is 1. The minimum absolute atomic E-state index is 0.0550. The summed E-state index contributed by atoms with van der Waals surface area (Å²) in [5.74, 6) is 0.730. The number of aliphatic hydroxyl groups excluding tert-OH is 1. The van der Waals surface area contributed by atoms with E-state index >= 15 is 0 Å². The average Bonchev–Trinajstić information content (AvgIpc) is 3.35. The van der Waals surface area contributed by atoms with Crippen LogP contribution in [0.2, 0.25) is 10.0 Å². The Balaban J connectivity index is 1.33. The first-order chi connectivity index (χ1) is 20.3. The first-order valence-corrected chi connectivity index (χ1v) is 14.3. The Labute approximate surface area is 253 Å². The van der Waals surface area contributed by atoms with Gasteiger partial charge in [-0.15, -0.1) is 0 Å². The second-order valence-corrected chi connectivity index (χ2v) is 10.8. The van der Waals surface area contributed by atoms with Crippen LogP contribution in [0.3, 0.4) is 0 Å². The lowest BCUT2D eigenvalue weighted by atomic mass is 9.92. The van der Waals surface area contributed by atoms with Gasteiger partial charge in [0, 0.05) is 53.3 Å². The van der Waals surface area contributed by atoms with E-state index in [-0.39, 0.29) is 25.7 Å². The van der Waals surface area contributed by atoms with Crippen LogP contribution in [0.4, 0.5) is 4.79 Å². The van der Waals surface area contributed by atoms with Crippen LogP contribution in [0.1, 0.15) is 29.3 Å². The van der Waals surface area contributed by atoms with Gasteiger partial charge in [-0.05, 0) is 72.1 Å². The van der Waals surface area contributed by atoms with Gasteiger partial charge in [-0.25, -0.2) is 4.79 Å². The number of benzene rings is 3. The van der Waals surface area contributed by atoms with Crippen molar-refractivity contribution in [1.29, 1.82) is 0 Å². The molecule has 2 unspecified atom stereocenters. The zero-order valence-electron chi connectivity index (χ0n) is 22.9. The van der Waals surface area contributed by atoms with Crippen LogP contribution in [0.5, 0.6) is 11.5 Å². The van der Waals surface area contributed by atoms with E-state index < -0.39 is 18.2 Å². The number of amides is 2. The summed E-state index contributed by atoms with van der Waals surface area (Å²) in [5, 5.41) is 15.0. The normalized spacial score (nSPS) is 15.2. The zero-order valence-corrected chi connectivity index (χ0v) is 24.5. The molecule has 0 fully saturated rings. The average molecular weight is 613 g/mol. The molecule has 0 radical (unpaired) electrons. The highest BCUT2D eigenvalue weighted by atomic mass is 35.5. The lowest BCUT2D eigenvalue weighted by molar-refractivity contribution is -0.125. The van der Waals surface area contributed by atoms with E-state index in [1.807, 2.05) is 42.5 Å². The molecule has 0 saturated carbocycles. The Morgan fingerprint density at radius 3 is 2.50 bits per heavy atom. The number of carbonyl (C=O) groups excluding carboxylic acids is 2. The second-order valence-electron chi connectivity index (χ2n) is 9.97. The van der Waals surface area contributed by atoms with E-state index in [1.165, 1.54) is 7.11 Å². The fourth-order valence-electron chi connectivity index (χ4n) is 5.04. The standard InChI is InChI=1S/C31H31Cl2N3O6/c1-40-18-28(38)34-17-22(37)13-15-41-23-7-2-19(3-8-23)30-29-25(26-16-21(33)6-11-27(26)35-29)12-14-36(30)31(39)42-24-9-4-20(32)5-10-24/h2-11,16,22,30,35,37H,12-15,17-18H2,1H3,(H,34,38). The van der Waals surface area contributed by atoms with Crippen molar-refractivity contribution in [3.05, 3.63) is 93.6 Å². The largest absolute Gasteiger partial charge is 0.493 e. The smallest absolute Gasteiger partial charge is 0.416 e. The van der Waals surface area contributed by atoms with Crippen molar-refractivity contribution in [2.24, 2.45) is 0 Å². The van der Waals surface area contributed by atoms with Gasteiger partial charge in [0.1, 0.15) is 24.1 Å². The minimum atomic E-state index is -0.749.